The number of piperazine rings is 2. The normalized spacial score (nSPS) is 17.2. The number of hydrogen-bond acceptors (Lipinski definition) is 14. The summed E-state index contributed by atoms with van der Waals surface area (Å²) in [7, 11) is 2.80. The Bertz CT molecular complexity index is 3440. The number of fused-ring (bicyclic) bond motifs is 2. The highest BCUT2D eigenvalue weighted by atomic mass is 35.5. The molecule has 430 valence electrons. The molecule has 26 heteroatoms. The van der Waals surface area contributed by atoms with E-state index in [9.17, 15) is 49.0 Å². The number of nitrogens with one attached hydrogen (secondary N) is 4. The Morgan fingerprint density at radius 1 is 0.585 bits per heavy atom. The molecule has 4 heterocycles. The summed E-state index contributed by atoms with van der Waals surface area (Å²) in [6.45, 7) is 12.2. The lowest BCUT2D eigenvalue weighted by atomic mass is 10.0. The third kappa shape index (κ3) is 14.0. The van der Waals surface area contributed by atoms with E-state index >= 15 is 0 Å². The minimum Gasteiger partial charge on any atom is -0.404 e. The zero-order chi connectivity index (χ0) is 59.9. The first kappa shape index (κ1) is 61.7. The summed E-state index contributed by atoms with van der Waals surface area (Å²) >= 11 is 25.2. The zero-order valence-electron chi connectivity index (χ0n) is 45.1. The Morgan fingerprint density at radius 3 is 1.38 bits per heavy atom. The van der Waals surface area contributed by atoms with Crippen molar-refractivity contribution >= 4 is 115 Å². The van der Waals surface area contributed by atoms with Gasteiger partial charge in [0.15, 0.2) is 0 Å². The maximum atomic E-state index is 13.6. The summed E-state index contributed by atoms with van der Waals surface area (Å²) in [5.74, 6) is 1.33. The summed E-state index contributed by atoms with van der Waals surface area (Å²) in [6, 6.07) is 25.1. The van der Waals surface area contributed by atoms with Crippen LogP contribution in [0, 0.1) is 20.2 Å². The number of likely N-dealkylation sites (N-methyl/N-ethyl adjacent to an activating group) is 2. The second-order valence-electron chi connectivity index (χ2n) is 19.7. The number of Topliss-reactive ketones (excluding diaryl/α,β-unsaturated/α-hetero) is 2. The van der Waals surface area contributed by atoms with E-state index in [1.165, 1.54) is 26.5 Å². The number of nitrogens with two attached hydrogens (primary N) is 1. The molecule has 22 nitrogen and oxygen atoms in total. The topological polar surface area (TPSA) is 293 Å². The lowest BCUT2D eigenvalue weighted by molar-refractivity contribution is -0.394. The van der Waals surface area contributed by atoms with Crippen LogP contribution in [0.2, 0.25) is 20.1 Å². The molecule has 9 rings (SSSR count). The average Bonchev–Trinajstić information content (AvgIpc) is 4.15. The minimum absolute atomic E-state index is 0.0483. The highest BCUT2D eigenvalue weighted by Gasteiger charge is 2.36. The molecule has 0 bridgehead atoms. The predicted molar refractivity (Wildman–Crippen MR) is 312 cm³/mol. The van der Waals surface area contributed by atoms with Gasteiger partial charge in [-0.3, -0.25) is 58.8 Å². The van der Waals surface area contributed by atoms with Gasteiger partial charge in [-0.05, 0) is 93.4 Å². The first-order valence-corrected chi connectivity index (χ1v) is 27.0. The van der Waals surface area contributed by atoms with E-state index in [2.05, 4.69) is 49.1 Å². The summed E-state index contributed by atoms with van der Waals surface area (Å²) in [4.78, 5) is 113. The maximum Gasteiger partial charge on any atom is 0.320 e. The van der Waals surface area contributed by atoms with Crippen LogP contribution in [-0.4, -0.2) is 139 Å². The third-order valence-corrected chi connectivity index (χ3v) is 15.2. The summed E-state index contributed by atoms with van der Waals surface area (Å²) in [5, 5.41) is 28.3. The van der Waals surface area contributed by atoms with Gasteiger partial charge in [-0.2, -0.15) is 5.90 Å². The number of hydrogen-bond donors (Lipinski definition) is 5. The van der Waals surface area contributed by atoms with Gasteiger partial charge in [0.2, 0.25) is 5.75 Å². The largest absolute Gasteiger partial charge is 0.404 e. The molecule has 0 unspecified atom stereocenters. The molecule has 82 heavy (non-hydrogen) atoms. The summed E-state index contributed by atoms with van der Waals surface area (Å²) < 4.78 is 0. The summed E-state index contributed by atoms with van der Waals surface area (Å²) in [6.07, 6.45) is 2.93. The zero-order valence-corrected chi connectivity index (χ0v) is 48.2. The van der Waals surface area contributed by atoms with Crippen molar-refractivity contribution in [3.63, 3.8) is 0 Å². The number of aromatic amines is 2. The van der Waals surface area contributed by atoms with E-state index in [0.717, 1.165) is 42.4 Å². The van der Waals surface area contributed by atoms with Gasteiger partial charge in [0.25, 0.3) is 40.9 Å². The van der Waals surface area contributed by atoms with Crippen LogP contribution in [0.25, 0.3) is 21.8 Å². The van der Waals surface area contributed by atoms with Crippen molar-refractivity contribution in [1.82, 2.24) is 40.2 Å². The molecule has 2 saturated heterocycles. The average molecular weight is 1200 g/mol. The van der Waals surface area contributed by atoms with Gasteiger partial charge in [0.05, 0.1) is 48.2 Å². The molecule has 0 spiro atoms. The Kier molecular flexibility index (Phi) is 20.1. The fourth-order valence-corrected chi connectivity index (χ4v) is 10.7. The first-order valence-electron chi connectivity index (χ1n) is 25.5. The number of nitro benzene ring substituents is 2. The number of amides is 4. The first-order chi connectivity index (χ1) is 38.9. The molecule has 4 amide bonds. The molecule has 2 aromatic heterocycles. The Hall–Kier alpha value is -7.96. The van der Waals surface area contributed by atoms with Crippen molar-refractivity contribution in [3.05, 3.63) is 177 Å². The molecule has 0 aliphatic carbocycles. The molecule has 0 saturated carbocycles. The van der Waals surface area contributed by atoms with E-state index in [1.54, 1.807) is 24.3 Å². The molecule has 6 N–H and O–H groups in total. The molecule has 5 aromatic carbocycles. The van der Waals surface area contributed by atoms with Crippen molar-refractivity contribution in [2.45, 2.75) is 65.0 Å². The number of carbonyl (C=O) groups is 6. The number of aromatic nitrogens is 2. The highest BCUT2D eigenvalue weighted by molar-refractivity contribution is 6.46. The lowest BCUT2D eigenvalue weighted by Gasteiger charge is -2.44. The molecule has 2 aliphatic rings. The Morgan fingerprint density at radius 2 is 1.01 bits per heavy atom. The fraction of sp³-hybridized carbons (Fsp3) is 0.286. The number of nitrogens with zero attached hydrogens (tertiary/aromatic N) is 6. The molecule has 0 radical (unpaired) electrons. The van der Waals surface area contributed by atoms with E-state index in [1.807, 2.05) is 72.2 Å². The van der Waals surface area contributed by atoms with E-state index in [0.29, 0.717) is 79.2 Å². The van der Waals surface area contributed by atoms with E-state index in [4.69, 9.17) is 52.3 Å². The Balaban J connectivity index is 0.000000192. The number of halogens is 4. The van der Waals surface area contributed by atoms with Crippen LogP contribution in [0.1, 0.15) is 80.3 Å². The van der Waals surface area contributed by atoms with Gasteiger partial charge >= 0.3 is 5.69 Å². The number of H-pyrrole nitrogens is 2. The van der Waals surface area contributed by atoms with E-state index in [-0.39, 0.29) is 52.9 Å². The molecule has 7 aromatic rings. The Labute approximate surface area is 490 Å². The highest BCUT2D eigenvalue weighted by Crippen LogP contribution is 2.33. The second-order valence-corrected chi connectivity index (χ2v) is 21.4. The molecule has 2 fully saturated rings. The summed E-state index contributed by atoms with van der Waals surface area (Å²) in [5.41, 5.74) is 3.51. The number of ketones is 2. The SMILES string of the molecule is CNC(=O)C(=O)c1c[nH]c2cc(Cl)c(C(=O)N3C[C@H](C)N(Cc4cccc(Cl)c4)C[C@H]3C)cc12.CNC(=O)C(=O)c1c[nH]c2cc(Cl)c(C(=O)N3C[C@H](C)N(Cc4cccc(Cl)c4)C[C@H]3C)cc12.NOc1ccc([N+](=O)[O-])cc1[N+](=O)[O-]. The van der Waals surface area contributed by atoms with Crippen molar-refractivity contribution in [3.8, 4) is 5.75 Å². The maximum absolute atomic E-state index is 13.6. The van der Waals surface area contributed by atoms with Crippen LogP contribution in [0.15, 0.2) is 103 Å². The number of rotatable bonds is 13. The van der Waals surface area contributed by atoms with Gasteiger partial charge in [-0.25, -0.2) is 0 Å². The van der Waals surface area contributed by atoms with Crippen LogP contribution in [-0.2, 0) is 22.7 Å². The predicted octanol–water partition coefficient (Wildman–Crippen LogP) is 9.03. The lowest BCUT2D eigenvalue weighted by Crippen LogP contribution is -2.57. The number of benzene rings is 5. The standard InChI is InChI=1S/2C25H26Cl2N4O3.C6H5N3O5/c2*1-14-12-31(15(2)11-30(14)13-16-5-4-6-17(26)7-16)25(34)19-8-18-20(23(32)24(33)28-3)10-29-22(18)9-21(19)27;7-14-6-2-1-4(8(10)11)3-5(6)9(12)13/h2*4-10,14-15,29H,11-13H2,1-3H3,(H,28,33);1-3H,7H2/t2*14-,15+;/m00./s1. The van der Waals surface area contributed by atoms with Crippen LogP contribution in [0.5, 0.6) is 5.75 Å². The van der Waals surface area contributed by atoms with Gasteiger partial charge in [-0.1, -0.05) is 70.7 Å². The van der Waals surface area contributed by atoms with Crippen LogP contribution < -0.4 is 21.4 Å². The molecular weight excluding hydrogens is 1140 g/mol. The molecular formula is C56H57Cl4N11O11. The quantitative estimate of drug-likeness (QED) is 0.0312. The van der Waals surface area contributed by atoms with E-state index < -0.39 is 44.6 Å². The van der Waals surface area contributed by atoms with Gasteiger partial charge in [0, 0.05) is 128 Å². The number of nitro groups is 2. The smallest absolute Gasteiger partial charge is 0.320 e. The van der Waals surface area contributed by atoms with Crippen molar-refractivity contribution in [2.24, 2.45) is 5.90 Å². The van der Waals surface area contributed by atoms with Gasteiger partial charge < -0.3 is 35.2 Å². The van der Waals surface area contributed by atoms with Crippen LogP contribution in [0.3, 0.4) is 0 Å². The van der Waals surface area contributed by atoms with Gasteiger partial charge in [0.1, 0.15) is 0 Å². The number of carbonyl (C=O) groups excluding carboxylic acids is 6. The second kappa shape index (κ2) is 26.7. The minimum atomic E-state index is -0.810. The molecule has 2 aliphatic heterocycles. The third-order valence-electron chi connectivity index (χ3n) is 14.1. The fourth-order valence-electron chi connectivity index (χ4n) is 9.78. The van der Waals surface area contributed by atoms with Crippen molar-refractivity contribution in [1.29, 1.82) is 0 Å². The van der Waals surface area contributed by atoms with Crippen LogP contribution >= 0.6 is 46.4 Å². The van der Waals surface area contributed by atoms with Gasteiger partial charge in [-0.15, -0.1) is 0 Å². The molecule has 4 atom stereocenters. The number of non-ortho nitro benzene ring substituents is 1. The van der Waals surface area contributed by atoms with Crippen molar-refractivity contribution in [2.75, 3.05) is 40.3 Å². The van der Waals surface area contributed by atoms with Crippen molar-refractivity contribution < 1.29 is 43.5 Å². The van der Waals surface area contributed by atoms with Crippen LogP contribution in [0.4, 0.5) is 11.4 Å². The monoisotopic (exact) mass is 1200 g/mol.